The zero-order chi connectivity index (χ0) is 14.7. The van der Waals surface area contributed by atoms with Crippen LogP contribution in [0.4, 0.5) is 5.69 Å². The molecule has 0 saturated carbocycles. The van der Waals surface area contributed by atoms with Gasteiger partial charge in [0.15, 0.2) is 0 Å². The zero-order valence-electron chi connectivity index (χ0n) is 12.8. The molecule has 3 rings (SSSR count). The van der Waals surface area contributed by atoms with E-state index in [1.54, 1.807) is 0 Å². The van der Waals surface area contributed by atoms with E-state index in [-0.39, 0.29) is 0 Å². The summed E-state index contributed by atoms with van der Waals surface area (Å²) >= 11 is 0. The Balaban J connectivity index is 1.74. The molecule has 3 heteroatoms. The maximum Gasteiger partial charge on any atom is 0.0448 e. The van der Waals surface area contributed by atoms with Crippen molar-refractivity contribution < 1.29 is 0 Å². The lowest BCUT2D eigenvalue weighted by Gasteiger charge is -2.21. The molecular weight excluding hydrogens is 258 g/mol. The molecule has 21 heavy (non-hydrogen) atoms. The summed E-state index contributed by atoms with van der Waals surface area (Å²) in [6.45, 7) is 8.38. The van der Waals surface area contributed by atoms with E-state index >= 15 is 0 Å². The quantitative estimate of drug-likeness (QED) is 0.911. The van der Waals surface area contributed by atoms with Crippen LogP contribution in [0.1, 0.15) is 30.5 Å². The number of rotatable bonds is 5. The molecule has 1 aromatic carbocycles. The van der Waals surface area contributed by atoms with Gasteiger partial charge in [-0.1, -0.05) is 38.1 Å². The Morgan fingerprint density at radius 2 is 1.86 bits per heavy atom. The van der Waals surface area contributed by atoms with Gasteiger partial charge in [-0.05, 0) is 29.7 Å². The monoisotopic (exact) mass is 281 g/mol. The van der Waals surface area contributed by atoms with Crippen LogP contribution in [0.15, 0.2) is 42.7 Å². The van der Waals surface area contributed by atoms with E-state index in [1.165, 1.54) is 22.4 Å². The van der Waals surface area contributed by atoms with Crippen LogP contribution in [-0.4, -0.2) is 11.5 Å². The molecule has 3 nitrogen and oxygen atoms in total. The van der Waals surface area contributed by atoms with Crippen molar-refractivity contribution in [2.45, 2.75) is 33.5 Å². The van der Waals surface area contributed by atoms with Crippen molar-refractivity contribution in [1.82, 2.24) is 10.3 Å². The predicted molar refractivity (Wildman–Crippen MR) is 87.1 cm³/mol. The molecule has 2 aromatic rings. The van der Waals surface area contributed by atoms with Gasteiger partial charge in [0.25, 0.3) is 0 Å². The topological polar surface area (TPSA) is 28.2 Å². The van der Waals surface area contributed by atoms with Gasteiger partial charge in [-0.2, -0.15) is 0 Å². The first kappa shape index (κ1) is 14.1. The highest BCUT2D eigenvalue weighted by Crippen LogP contribution is 2.29. The molecule has 1 aliphatic rings. The number of benzene rings is 1. The van der Waals surface area contributed by atoms with Gasteiger partial charge >= 0.3 is 0 Å². The van der Waals surface area contributed by atoms with Gasteiger partial charge in [-0.25, -0.2) is 0 Å². The first-order valence-electron chi connectivity index (χ1n) is 7.69. The van der Waals surface area contributed by atoms with Crippen molar-refractivity contribution in [1.29, 1.82) is 0 Å². The van der Waals surface area contributed by atoms with Crippen LogP contribution in [-0.2, 0) is 19.6 Å². The zero-order valence-corrected chi connectivity index (χ0v) is 12.8. The summed E-state index contributed by atoms with van der Waals surface area (Å²) in [5.74, 6) is 0.668. The smallest absolute Gasteiger partial charge is 0.0448 e. The molecule has 0 spiro atoms. The Morgan fingerprint density at radius 1 is 1.14 bits per heavy atom. The largest absolute Gasteiger partial charge is 0.362 e. The van der Waals surface area contributed by atoms with Crippen molar-refractivity contribution in [3.63, 3.8) is 0 Å². The van der Waals surface area contributed by atoms with Gasteiger partial charge in [0.1, 0.15) is 0 Å². The molecule has 1 aliphatic heterocycles. The minimum atomic E-state index is 0.668. The Bertz CT molecular complexity index is 582. The molecule has 0 unspecified atom stereocenters. The molecule has 0 fully saturated rings. The van der Waals surface area contributed by atoms with E-state index in [1.807, 2.05) is 12.4 Å². The summed E-state index contributed by atoms with van der Waals surface area (Å²) < 4.78 is 0. The van der Waals surface area contributed by atoms with Gasteiger partial charge in [0, 0.05) is 43.3 Å². The highest BCUT2D eigenvalue weighted by atomic mass is 15.1. The van der Waals surface area contributed by atoms with Gasteiger partial charge in [0.05, 0.1) is 0 Å². The van der Waals surface area contributed by atoms with Crippen LogP contribution in [0.5, 0.6) is 0 Å². The standard InChI is InChI=1S/C18H23N3/c1-14(2)9-20-11-17-10-19-8-7-18(17)21-12-15-5-3-4-6-16(15)13-21/h3-8,10,14,20H,9,11-13H2,1-2H3. The molecule has 0 atom stereocenters. The van der Waals surface area contributed by atoms with Crippen LogP contribution in [0.3, 0.4) is 0 Å². The van der Waals surface area contributed by atoms with Crippen molar-refractivity contribution in [3.05, 3.63) is 59.4 Å². The summed E-state index contributed by atoms with van der Waals surface area (Å²) in [6.07, 6.45) is 3.88. The van der Waals surface area contributed by atoms with Crippen LogP contribution >= 0.6 is 0 Å². The lowest BCUT2D eigenvalue weighted by Crippen LogP contribution is -2.22. The third-order valence-electron chi connectivity index (χ3n) is 3.93. The van der Waals surface area contributed by atoms with Crippen molar-refractivity contribution >= 4 is 5.69 Å². The van der Waals surface area contributed by atoms with Crippen molar-refractivity contribution in [2.75, 3.05) is 11.4 Å². The number of hydrogen-bond acceptors (Lipinski definition) is 3. The van der Waals surface area contributed by atoms with E-state index in [2.05, 4.69) is 59.4 Å². The lowest BCUT2D eigenvalue weighted by atomic mass is 10.1. The summed E-state index contributed by atoms with van der Waals surface area (Å²) in [7, 11) is 0. The Hall–Kier alpha value is -1.87. The second-order valence-corrected chi connectivity index (χ2v) is 6.15. The van der Waals surface area contributed by atoms with Crippen LogP contribution in [0.25, 0.3) is 0 Å². The first-order valence-corrected chi connectivity index (χ1v) is 7.69. The van der Waals surface area contributed by atoms with Gasteiger partial charge < -0.3 is 10.2 Å². The molecule has 0 amide bonds. The molecule has 0 radical (unpaired) electrons. The summed E-state index contributed by atoms with van der Waals surface area (Å²) in [6, 6.07) is 10.8. The minimum absolute atomic E-state index is 0.668. The minimum Gasteiger partial charge on any atom is -0.362 e. The van der Waals surface area contributed by atoms with E-state index in [9.17, 15) is 0 Å². The second kappa shape index (κ2) is 6.27. The van der Waals surface area contributed by atoms with Crippen LogP contribution < -0.4 is 10.2 Å². The number of pyridine rings is 1. The predicted octanol–water partition coefficient (Wildman–Crippen LogP) is 3.35. The number of hydrogen-bond donors (Lipinski definition) is 1. The van der Waals surface area contributed by atoms with E-state index in [0.717, 1.165) is 26.2 Å². The number of nitrogens with one attached hydrogen (secondary N) is 1. The van der Waals surface area contributed by atoms with Crippen LogP contribution in [0, 0.1) is 5.92 Å². The lowest BCUT2D eigenvalue weighted by molar-refractivity contribution is 0.551. The fourth-order valence-corrected chi connectivity index (χ4v) is 2.86. The third-order valence-corrected chi connectivity index (χ3v) is 3.93. The average molecular weight is 281 g/mol. The SMILES string of the molecule is CC(C)CNCc1cnccc1N1Cc2ccccc2C1. The maximum absolute atomic E-state index is 4.30. The molecule has 0 saturated heterocycles. The molecule has 1 aromatic heterocycles. The fourth-order valence-electron chi connectivity index (χ4n) is 2.86. The molecular formula is C18H23N3. The van der Waals surface area contributed by atoms with Crippen molar-refractivity contribution in [3.8, 4) is 0 Å². The van der Waals surface area contributed by atoms with Crippen LogP contribution in [0.2, 0.25) is 0 Å². The highest BCUT2D eigenvalue weighted by Gasteiger charge is 2.20. The molecule has 1 N–H and O–H groups in total. The number of aromatic nitrogens is 1. The van der Waals surface area contributed by atoms with Gasteiger partial charge in [-0.3, -0.25) is 4.98 Å². The molecule has 0 bridgehead atoms. The average Bonchev–Trinajstić information content (AvgIpc) is 2.91. The Kier molecular flexibility index (Phi) is 4.20. The number of fused-ring (bicyclic) bond motifs is 1. The van der Waals surface area contributed by atoms with E-state index in [0.29, 0.717) is 5.92 Å². The van der Waals surface area contributed by atoms with Gasteiger partial charge in [-0.15, -0.1) is 0 Å². The molecule has 2 heterocycles. The Labute approximate surface area is 127 Å². The van der Waals surface area contributed by atoms with E-state index < -0.39 is 0 Å². The molecule has 110 valence electrons. The molecule has 0 aliphatic carbocycles. The third kappa shape index (κ3) is 3.24. The first-order chi connectivity index (χ1) is 10.2. The fraction of sp³-hybridized carbons (Fsp3) is 0.389. The maximum atomic E-state index is 4.30. The summed E-state index contributed by atoms with van der Waals surface area (Å²) in [5.41, 5.74) is 5.47. The number of nitrogens with zero attached hydrogens (tertiary/aromatic N) is 2. The van der Waals surface area contributed by atoms with Crippen molar-refractivity contribution in [2.24, 2.45) is 5.92 Å². The summed E-state index contributed by atoms with van der Waals surface area (Å²) in [5, 5.41) is 3.52. The normalized spacial score (nSPS) is 13.8. The van der Waals surface area contributed by atoms with Gasteiger partial charge in [0.2, 0.25) is 0 Å². The second-order valence-electron chi connectivity index (χ2n) is 6.15. The number of anilines is 1. The summed E-state index contributed by atoms with van der Waals surface area (Å²) in [4.78, 5) is 6.74. The van der Waals surface area contributed by atoms with E-state index in [4.69, 9.17) is 0 Å². The Morgan fingerprint density at radius 3 is 2.52 bits per heavy atom. The highest BCUT2D eigenvalue weighted by molar-refractivity contribution is 5.56.